The number of rotatable bonds is 9. The van der Waals surface area contributed by atoms with Crippen molar-refractivity contribution in [3.05, 3.63) is 95.8 Å². The molecular weight excluding hydrogens is 450 g/mol. The van der Waals surface area contributed by atoms with Crippen molar-refractivity contribution in [3.63, 3.8) is 0 Å². The molecule has 178 valence electrons. The molecule has 0 bridgehead atoms. The molecule has 1 unspecified atom stereocenters. The summed E-state index contributed by atoms with van der Waals surface area (Å²) in [5.41, 5.74) is 2.35. The highest BCUT2D eigenvalue weighted by Crippen LogP contribution is 2.25. The lowest BCUT2D eigenvalue weighted by atomic mass is 9.98. The van der Waals surface area contributed by atoms with E-state index in [4.69, 9.17) is 0 Å². The molecule has 1 saturated heterocycles. The third kappa shape index (κ3) is 6.08. The van der Waals surface area contributed by atoms with Crippen LogP contribution in [0.3, 0.4) is 0 Å². The summed E-state index contributed by atoms with van der Waals surface area (Å²) in [6.07, 6.45) is 5.37. The second-order valence-electron chi connectivity index (χ2n) is 8.72. The maximum absolute atomic E-state index is 13.1. The van der Waals surface area contributed by atoms with E-state index in [1.165, 1.54) is 0 Å². The number of pyridine rings is 1. The van der Waals surface area contributed by atoms with Gasteiger partial charge in [0.05, 0.1) is 10.5 Å². The number of carbonyl (C=O) groups is 1. The summed E-state index contributed by atoms with van der Waals surface area (Å²) < 4.78 is 27.9. The minimum Gasteiger partial charge on any atom is -0.478 e. The van der Waals surface area contributed by atoms with E-state index >= 15 is 0 Å². The van der Waals surface area contributed by atoms with E-state index in [1.807, 2.05) is 36.5 Å². The van der Waals surface area contributed by atoms with Crippen LogP contribution in [0.2, 0.25) is 0 Å². The van der Waals surface area contributed by atoms with Crippen LogP contribution in [-0.2, 0) is 23.1 Å². The highest BCUT2D eigenvalue weighted by molar-refractivity contribution is 7.89. The zero-order valence-corrected chi connectivity index (χ0v) is 19.8. The van der Waals surface area contributed by atoms with Gasteiger partial charge in [0.1, 0.15) is 0 Å². The van der Waals surface area contributed by atoms with Crippen molar-refractivity contribution in [2.45, 2.75) is 30.8 Å². The number of nitrogens with zero attached hydrogens (tertiary/aromatic N) is 3. The summed E-state index contributed by atoms with van der Waals surface area (Å²) in [6.45, 7) is 3.06. The second kappa shape index (κ2) is 10.9. The van der Waals surface area contributed by atoms with Gasteiger partial charge < -0.3 is 5.11 Å². The highest BCUT2D eigenvalue weighted by Gasteiger charge is 2.31. The molecule has 2 heterocycles. The molecule has 1 aromatic heterocycles. The minimum atomic E-state index is -3.51. The molecule has 1 atom stereocenters. The van der Waals surface area contributed by atoms with E-state index in [0.29, 0.717) is 31.1 Å². The van der Waals surface area contributed by atoms with E-state index in [0.717, 1.165) is 30.5 Å². The molecule has 0 spiro atoms. The molecule has 1 aliphatic heterocycles. The summed E-state index contributed by atoms with van der Waals surface area (Å²) in [7, 11) is -3.51. The van der Waals surface area contributed by atoms with Crippen LogP contribution in [0.25, 0.3) is 0 Å². The van der Waals surface area contributed by atoms with Crippen LogP contribution in [0, 0.1) is 5.92 Å². The van der Waals surface area contributed by atoms with E-state index in [-0.39, 0.29) is 11.5 Å². The van der Waals surface area contributed by atoms with Gasteiger partial charge in [0.15, 0.2) is 0 Å². The predicted molar refractivity (Wildman–Crippen MR) is 130 cm³/mol. The molecule has 8 heteroatoms. The van der Waals surface area contributed by atoms with Crippen molar-refractivity contribution < 1.29 is 18.3 Å². The smallest absolute Gasteiger partial charge is 0.335 e. The number of carboxylic acids is 1. The number of piperidine rings is 1. The van der Waals surface area contributed by atoms with E-state index in [2.05, 4.69) is 9.88 Å². The van der Waals surface area contributed by atoms with Crippen molar-refractivity contribution in [1.82, 2.24) is 14.2 Å². The summed E-state index contributed by atoms with van der Waals surface area (Å²) in [5, 5.41) is 9.17. The van der Waals surface area contributed by atoms with Crippen molar-refractivity contribution in [2.75, 3.05) is 19.6 Å². The Labute approximate surface area is 200 Å². The zero-order valence-electron chi connectivity index (χ0n) is 19.0. The Hall–Kier alpha value is -3.07. The SMILES string of the molecule is O=C(O)c1ccc(CN(Cc2cccnc2)CC2CCCN(S(=O)(=O)c3ccccc3)C2)cc1. The fourth-order valence-corrected chi connectivity index (χ4v) is 6.02. The van der Waals surface area contributed by atoms with Gasteiger partial charge in [0, 0.05) is 45.1 Å². The number of aromatic nitrogens is 1. The molecule has 1 N–H and O–H groups in total. The first-order valence-corrected chi connectivity index (χ1v) is 12.8. The summed E-state index contributed by atoms with van der Waals surface area (Å²) >= 11 is 0. The van der Waals surface area contributed by atoms with Crippen molar-refractivity contribution in [2.24, 2.45) is 5.92 Å². The van der Waals surface area contributed by atoms with Crippen molar-refractivity contribution in [3.8, 4) is 0 Å². The molecule has 3 aromatic rings. The van der Waals surface area contributed by atoms with E-state index in [9.17, 15) is 18.3 Å². The van der Waals surface area contributed by atoms with Gasteiger partial charge in [-0.3, -0.25) is 9.88 Å². The molecular formula is C26H29N3O4S. The first kappa shape index (κ1) is 24.1. The molecule has 0 amide bonds. The molecule has 4 rings (SSSR count). The Bertz CT molecular complexity index is 1190. The second-order valence-corrected chi connectivity index (χ2v) is 10.7. The van der Waals surface area contributed by atoms with Crippen LogP contribution >= 0.6 is 0 Å². The van der Waals surface area contributed by atoms with Crippen molar-refractivity contribution >= 4 is 16.0 Å². The van der Waals surface area contributed by atoms with E-state index < -0.39 is 16.0 Å². The van der Waals surface area contributed by atoms with Crippen LogP contribution in [0.1, 0.15) is 34.3 Å². The normalized spacial score (nSPS) is 17.0. The molecule has 0 aliphatic carbocycles. The molecule has 2 aromatic carbocycles. The van der Waals surface area contributed by atoms with Gasteiger partial charge in [-0.15, -0.1) is 0 Å². The predicted octanol–water partition coefficient (Wildman–Crippen LogP) is 3.88. The first-order chi connectivity index (χ1) is 16.4. The monoisotopic (exact) mass is 479 g/mol. The van der Waals surface area contributed by atoms with Gasteiger partial charge in [0.25, 0.3) is 0 Å². The van der Waals surface area contributed by atoms with Crippen LogP contribution < -0.4 is 0 Å². The Balaban J connectivity index is 1.49. The van der Waals surface area contributed by atoms with Crippen LogP contribution in [0.15, 0.2) is 84.0 Å². The number of aromatic carboxylic acids is 1. The maximum atomic E-state index is 13.1. The molecule has 0 radical (unpaired) electrons. The lowest BCUT2D eigenvalue weighted by Gasteiger charge is -2.35. The molecule has 1 fully saturated rings. The van der Waals surface area contributed by atoms with Gasteiger partial charge in [0.2, 0.25) is 10.0 Å². The fourth-order valence-electron chi connectivity index (χ4n) is 4.45. The van der Waals surface area contributed by atoms with Gasteiger partial charge in [-0.05, 0) is 60.2 Å². The maximum Gasteiger partial charge on any atom is 0.335 e. The number of hydrogen-bond acceptors (Lipinski definition) is 5. The average molecular weight is 480 g/mol. The van der Waals surface area contributed by atoms with Crippen LogP contribution in [0.4, 0.5) is 0 Å². The Morgan fingerprint density at radius 2 is 1.74 bits per heavy atom. The van der Waals surface area contributed by atoms with Crippen LogP contribution in [0.5, 0.6) is 0 Å². The lowest BCUT2D eigenvalue weighted by Crippen LogP contribution is -2.43. The minimum absolute atomic E-state index is 0.196. The first-order valence-electron chi connectivity index (χ1n) is 11.4. The van der Waals surface area contributed by atoms with Gasteiger partial charge in [-0.1, -0.05) is 36.4 Å². The van der Waals surface area contributed by atoms with E-state index in [1.54, 1.807) is 46.9 Å². The summed E-state index contributed by atoms with van der Waals surface area (Å²) in [4.78, 5) is 18.0. The number of hydrogen-bond donors (Lipinski definition) is 1. The quantitative estimate of drug-likeness (QED) is 0.501. The lowest BCUT2D eigenvalue weighted by molar-refractivity contribution is 0.0697. The molecule has 34 heavy (non-hydrogen) atoms. The number of carboxylic acid groups (broad SMARTS) is 1. The number of benzene rings is 2. The molecule has 0 saturated carbocycles. The Morgan fingerprint density at radius 3 is 2.41 bits per heavy atom. The largest absolute Gasteiger partial charge is 0.478 e. The third-order valence-electron chi connectivity index (χ3n) is 6.12. The average Bonchev–Trinajstić information content (AvgIpc) is 2.86. The van der Waals surface area contributed by atoms with Gasteiger partial charge in [-0.2, -0.15) is 4.31 Å². The zero-order chi connectivity index (χ0) is 24.0. The summed E-state index contributed by atoms with van der Waals surface area (Å²) in [6, 6.07) is 19.5. The Morgan fingerprint density at radius 1 is 1.00 bits per heavy atom. The van der Waals surface area contributed by atoms with Crippen LogP contribution in [-0.4, -0.2) is 53.3 Å². The summed E-state index contributed by atoms with van der Waals surface area (Å²) in [5.74, 6) is -0.747. The molecule has 1 aliphatic rings. The highest BCUT2D eigenvalue weighted by atomic mass is 32.2. The fraction of sp³-hybridized carbons (Fsp3) is 0.308. The number of sulfonamides is 1. The molecule has 7 nitrogen and oxygen atoms in total. The third-order valence-corrected chi connectivity index (χ3v) is 7.99. The topological polar surface area (TPSA) is 90.8 Å². The van der Waals surface area contributed by atoms with Gasteiger partial charge in [-0.25, -0.2) is 13.2 Å². The Kier molecular flexibility index (Phi) is 7.72. The standard InChI is InChI=1S/C26H29N3O4S/c30-26(31)24-12-10-21(11-13-24)17-28(18-22-6-4-14-27-16-22)19-23-7-5-15-29(20-23)34(32,33)25-8-2-1-3-9-25/h1-4,6,8-14,16,23H,5,7,15,17-20H2,(H,30,31). The van der Waals surface area contributed by atoms with Gasteiger partial charge >= 0.3 is 5.97 Å². The van der Waals surface area contributed by atoms with Crippen molar-refractivity contribution in [1.29, 1.82) is 0 Å².